The minimum atomic E-state index is -0.568. The Hall–Kier alpha value is -3.27. The van der Waals surface area contributed by atoms with Crippen molar-refractivity contribution in [3.8, 4) is 5.69 Å². The van der Waals surface area contributed by atoms with Gasteiger partial charge in [0.2, 0.25) is 5.91 Å². The number of halogens is 1. The smallest absolute Gasteiger partial charge is 0.414 e. The van der Waals surface area contributed by atoms with E-state index in [1.165, 1.54) is 17.9 Å². The second-order valence-electron chi connectivity index (χ2n) is 7.02. The summed E-state index contributed by atoms with van der Waals surface area (Å²) in [6, 6.07) is 4.55. The van der Waals surface area contributed by atoms with E-state index in [9.17, 15) is 14.0 Å². The lowest BCUT2D eigenvalue weighted by Crippen LogP contribution is -2.33. The molecule has 1 saturated heterocycles. The van der Waals surface area contributed by atoms with E-state index < -0.39 is 18.0 Å². The molecule has 0 aliphatic carbocycles. The monoisotopic (exact) mass is 429 g/mol. The maximum Gasteiger partial charge on any atom is 0.414 e. The SMILES string of the molecule is CC(=O)NCC1CN(c2ccc(-n3cnc(Cc4nc(C)cs4)c3)c(F)c2)C(=O)O1. The summed E-state index contributed by atoms with van der Waals surface area (Å²) in [6.45, 7) is 3.78. The number of imidazole rings is 1. The molecule has 1 aliphatic rings. The summed E-state index contributed by atoms with van der Waals surface area (Å²) in [7, 11) is 0. The van der Waals surface area contributed by atoms with Crippen molar-refractivity contribution < 1.29 is 18.7 Å². The molecule has 2 amide bonds. The first kappa shape index (κ1) is 20.0. The highest BCUT2D eigenvalue weighted by Gasteiger charge is 2.32. The van der Waals surface area contributed by atoms with Gasteiger partial charge >= 0.3 is 6.09 Å². The molecule has 10 heteroatoms. The molecule has 1 N–H and O–H groups in total. The van der Waals surface area contributed by atoms with Crippen LogP contribution in [0.4, 0.5) is 14.9 Å². The maximum atomic E-state index is 14.8. The average Bonchev–Trinajstić information content (AvgIpc) is 3.41. The van der Waals surface area contributed by atoms with Crippen molar-refractivity contribution in [1.82, 2.24) is 19.9 Å². The second-order valence-corrected chi connectivity index (χ2v) is 7.96. The molecular formula is C20H20FN5O3S. The minimum absolute atomic E-state index is 0.204. The average molecular weight is 429 g/mol. The number of carbonyl (C=O) groups is 2. The van der Waals surface area contributed by atoms with Crippen LogP contribution in [0.3, 0.4) is 0 Å². The molecule has 1 atom stereocenters. The Kier molecular flexibility index (Phi) is 5.49. The summed E-state index contributed by atoms with van der Waals surface area (Å²) in [5.74, 6) is -0.691. The fourth-order valence-corrected chi connectivity index (χ4v) is 3.98. The summed E-state index contributed by atoms with van der Waals surface area (Å²) in [4.78, 5) is 33.3. The highest BCUT2D eigenvalue weighted by molar-refractivity contribution is 7.09. The molecule has 8 nitrogen and oxygen atoms in total. The van der Waals surface area contributed by atoms with Gasteiger partial charge in [0.15, 0.2) is 0 Å². The molecule has 1 fully saturated rings. The molecule has 0 saturated carbocycles. The molecule has 2 aromatic heterocycles. The summed E-state index contributed by atoms with van der Waals surface area (Å²) in [5, 5.41) is 5.55. The minimum Gasteiger partial charge on any atom is -0.442 e. The summed E-state index contributed by atoms with van der Waals surface area (Å²) < 4.78 is 21.6. The van der Waals surface area contributed by atoms with Gasteiger partial charge in [-0.2, -0.15) is 0 Å². The first-order chi connectivity index (χ1) is 14.4. The van der Waals surface area contributed by atoms with Crippen LogP contribution < -0.4 is 10.2 Å². The summed E-state index contributed by atoms with van der Waals surface area (Å²) in [6.07, 6.45) is 2.86. The molecule has 156 valence electrons. The first-order valence-corrected chi connectivity index (χ1v) is 10.2. The van der Waals surface area contributed by atoms with Gasteiger partial charge in [0.1, 0.15) is 11.9 Å². The Balaban J connectivity index is 1.47. The largest absolute Gasteiger partial charge is 0.442 e. The number of thiazole rings is 1. The van der Waals surface area contributed by atoms with Gasteiger partial charge in [-0.1, -0.05) is 0 Å². The predicted molar refractivity (Wildman–Crippen MR) is 109 cm³/mol. The lowest BCUT2D eigenvalue weighted by molar-refractivity contribution is -0.119. The first-order valence-electron chi connectivity index (χ1n) is 9.35. The van der Waals surface area contributed by atoms with E-state index in [0.717, 1.165) is 16.4 Å². The van der Waals surface area contributed by atoms with Crippen molar-refractivity contribution in [2.75, 3.05) is 18.0 Å². The van der Waals surface area contributed by atoms with Crippen LogP contribution in [0.15, 0.2) is 36.1 Å². The van der Waals surface area contributed by atoms with E-state index in [4.69, 9.17) is 4.74 Å². The Labute approximate surface area is 176 Å². The topological polar surface area (TPSA) is 89.4 Å². The summed E-state index contributed by atoms with van der Waals surface area (Å²) in [5.41, 5.74) is 2.48. The Morgan fingerprint density at radius 3 is 2.97 bits per heavy atom. The van der Waals surface area contributed by atoms with Gasteiger partial charge < -0.3 is 14.6 Å². The maximum absolute atomic E-state index is 14.8. The van der Waals surface area contributed by atoms with E-state index in [1.54, 1.807) is 40.6 Å². The van der Waals surface area contributed by atoms with E-state index in [-0.39, 0.29) is 19.0 Å². The molecule has 3 aromatic rings. The third kappa shape index (κ3) is 4.33. The van der Waals surface area contributed by atoms with Gasteiger partial charge in [-0.25, -0.2) is 19.2 Å². The van der Waals surface area contributed by atoms with Crippen molar-refractivity contribution in [3.63, 3.8) is 0 Å². The van der Waals surface area contributed by atoms with Crippen molar-refractivity contribution in [3.05, 3.63) is 58.3 Å². The fraction of sp³-hybridized carbons (Fsp3) is 0.300. The number of benzene rings is 1. The van der Waals surface area contributed by atoms with E-state index >= 15 is 0 Å². The highest BCUT2D eigenvalue weighted by atomic mass is 32.1. The van der Waals surface area contributed by atoms with Crippen LogP contribution in [0.2, 0.25) is 0 Å². The van der Waals surface area contributed by atoms with Crippen LogP contribution in [0.5, 0.6) is 0 Å². The number of aryl methyl sites for hydroxylation is 1. The molecule has 0 spiro atoms. The number of hydrogen-bond donors (Lipinski definition) is 1. The molecular weight excluding hydrogens is 409 g/mol. The van der Waals surface area contributed by atoms with E-state index in [0.29, 0.717) is 17.8 Å². The Morgan fingerprint density at radius 2 is 2.27 bits per heavy atom. The molecule has 0 radical (unpaired) electrons. The zero-order valence-electron chi connectivity index (χ0n) is 16.5. The van der Waals surface area contributed by atoms with Gasteiger partial charge in [0.05, 0.1) is 41.5 Å². The molecule has 4 rings (SSSR count). The number of anilines is 1. The lowest BCUT2D eigenvalue weighted by Gasteiger charge is -2.14. The predicted octanol–water partition coefficient (Wildman–Crippen LogP) is 2.83. The molecule has 1 aromatic carbocycles. The molecule has 1 aliphatic heterocycles. The third-order valence-corrected chi connectivity index (χ3v) is 5.58. The van der Waals surface area contributed by atoms with E-state index in [2.05, 4.69) is 15.3 Å². The number of carbonyl (C=O) groups excluding carboxylic acids is 2. The second kappa shape index (κ2) is 8.23. The van der Waals surface area contributed by atoms with Crippen LogP contribution in [0.1, 0.15) is 23.3 Å². The Morgan fingerprint density at radius 1 is 1.43 bits per heavy atom. The lowest BCUT2D eigenvalue weighted by atomic mass is 10.2. The van der Waals surface area contributed by atoms with Crippen LogP contribution in [-0.2, 0) is 16.0 Å². The number of amides is 2. The van der Waals surface area contributed by atoms with Crippen LogP contribution in [-0.4, -0.2) is 45.7 Å². The van der Waals surface area contributed by atoms with Gasteiger partial charge in [0.25, 0.3) is 0 Å². The Bertz CT molecular complexity index is 1100. The number of ether oxygens (including phenoxy) is 1. The number of hydrogen-bond acceptors (Lipinski definition) is 6. The zero-order chi connectivity index (χ0) is 21.3. The van der Waals surface area contributed by atoms with Crippen molar-refractivity contribution in [2.45, 2.75) is 26.4 Å². The van der Waals surface area contributed by atoms with Crippen LogP contribution in [0.25, 0.3) is 5.69 Å². The van der Waals surface area contributed by atoms with Gasteiger partial charge in [-0.05, 0) is 25.1 Å². The standard InChI is InChI=1S/C20H20FN5O3S/c1-12-10-30-19(24-12)5-14-8-25(11-23-14)18-4-3-15(6-17(18)21)26-9-16(29-20(26)28)7-22-13(2)27/h3-4,6,8,10-11,16H,5,7,9H2,1-2H3,(H,22,27). The van der Waals surface area contributed by atoms with Gasteiger partial charge in [-0.3, -0.25) is 9.69 Å². The zero-order valence-corrected chi connectivity index (χ0v) is 17.3. The van der Waals surface area contributed by atoms with Crippen molar-refractivity contribution in [1.29, 1.82) is 0 Å². The van der Waals surface area contributed by atoms with Crippen LogP contribution >= 0.6 is 11.3 Å². The number of rotatable bonds is 6. The summed E-state index contributed by atoms with van der Waals surface area (Å²) >= 11 is 1.57. The highest BCUT2D eigenvalue weighted by Crippen LogP contribution is 2.26. The third-order valence-electron chi connectivity index (χ3n) is 4.61. The van der Waals surface area contributed by atoms with Crippen molar-refractivity contribution in [2.24, 2.45) is 0 Å². The van der Waals surface area contributed by atoms with Gasteiger partial charge in [-0.15, -0.1) is 11.3 Å². The molecule has 3 heterocycles. The number of nitrogens with zero attached hydrogens (tertiary/aromatic N) is 4. The molecule has 1 unspecified atom stereocenters. The normalized spacial score (nSPS) is 16.0. The van der Waals surface area contributed by atoms with E-state index in [1.807, 2.05) is 12.3 Å². The number of aromatic nitrogens is 3. The van der Waals surface area contributed by atoms with Crippen LogP contribution in [0, 0.1) is 12.7 Å². The fourth-order valence-electron chi connectivity index (χ4n) is 3.19. The molecule has 30 heavy (non-hydrogen) atoms. The van der Waals surface area contributed by atoms with Gasteiger partial charge in [0, 0.05) is 30.6 Å². The molecule has 0 bridgehead atoms. The quantitative estimate of drug-likeness (QED) is 0.651. The van der Waals surface area contributed by atoms with Crippen molar-refractivity contribution >= 4 is 29.0 Å². The number of nitrogens with one attached hydrogen (secondary N) is 1. The number of cyclic esters (lactones) is 1.